The van der Waals surface area contributed by atoms with E-state index in [1.165, 1.54) is 32.1 Å². The van der Waals surface area contributed by atoms with Gasteiger partial charge in [-0.2, -0.15) is 4.98 Å². The SMILES string of the molecule is CCCOc1ncnc(N2CCCC3CCCC32)c1N. The summed E-state index contributed by atoms with van der Waals surface area (Å²) in [6, 6.07) is 0.611. The lowest BCUT2D eigenvalue weighted by atomic mass is 9.92. The molecular weight excluding hydrogens is 252 g/mol. The lowest BCUT2D eigenvalue weighted by Crippen LogP contribution is -2.43. The first kappa shape index (κ1) is 13.5. The lowest BCUT2D eigenvalue weighted by molar-refractivity contribution is 0.306. The van der Waals surface area contributed by atoms with E-state index in [1.807, 2.05) is 0 Å². The topological polar surface area (TPSA) is 64.3 Å². The zero-order chi connectivity index (χ0) is 13.9. The number of aromatic nitrogens is 2. The van der Waals surface area contributed by atoms with Gasteiger partial charge in [0.15, 0.2) is 5.82 Å². The minimum absolute atomic E-state index is 0.539. The summed E-state index contributed by atoms with van der Waals surface area (Å²) in [7, 11) is 0. The van der Waals surface area contributed by atoms with Crippen molar-refractivity contribution in [3.8, 4) is 5.88 Å². The van der Waals surface area contributed by atoms with Gasteiger partial charge in [0.05, 0.1) is 6.61 Å². The van der Waals surface area contributed by atoms with Crippen LogP contribution in [0.3, 0.4) is 0 Å². The molecular formula is C15H24N4O. The van der Waals surface area contributed by atoms with E-state index in [1.54, 1.807) is 6.33 Å². The van der Waals surface area contributed by atoms with Gasteiger partial charge in [0, 0.05) is 12.6 Å². The van der Waals surface area contributed by atoms with Gasteiger partial charge in [0.1, 0.15) is 12.0 Å². The third-order valence-electron chi connectivity index (χ3n) is 4.53. The molecule has 20 heavy (non-hydrogen) atoms. The van der Waals surface area contributed by atoms with Gasteiger partial charge in [-0.1, -0.05) is 13.3 Å². The minimum atomic E-state index is 0.539. The predicted octanol–water partition coefficient (Wildman–Crippen LogP) is 2.62. The number of piperidine rings is 1. The molecule has 0 spiro atoms. The van der Waals surface area contributed by atoms with Gasteiger partial charge in [-0.05, 0) is 38.0 Å². The molecule has 2 fully saturated rings. The molecule has 0 radical (unpaired) electrons. The molecule has 0 aromatic carbocycles. The van der Waals surface area contributed by atoms with E-state index in [2.05, 4.69) is 21.8 Å². The highest BCUT2D eigenvalue weighted by Crippen LogP contribution is 2.41. The Kier molecular flexibility index (Phi) is 3.94. The molecule has 5 nitrogen and oxygen atoms in total. The van der Waals surface area contributed by atoms with Gasteiger partial charge in [-0.25, -0.2) is 4.98 Å². The third-order valence-corrected chi connectivity index (χ3v) is 4.53. The van der Waals surface area contributed by atoms with Crippen molar-refractivity contribution in [2.24, 2.45) is 5.92 Å². The van der Waals surface area contributed by atoms with E-state index in [-0.39, 0.29) is 0 Å². The molecule has 1 aromatic heterocycles. The van der Waals surface area contributed by atoms with E-state index < -0.39 is 0 Å². The number of fused-ring (bicyclic) bond motifs is 1. The van der Waals surface area contributed by atoms with Crippen LogP contribution in [-0.4, -0.2) is 29.2 Å². The van der Waals surface area contributed by atoms with Crippen molar-refractivity contribution in [1.82, 2.24) is 9.97 Å². The number of ether oxygens (including phenoxy) is 1. The highest BCUT2D eigenvalue weighted by atomic mass is 16.5. The summed E-state index contributed by atoms with van der Waals surface area (Å²) in [6.45, 7) is 3.77. The Labute approximate surface area is 120 Å². The van der Waals surface area contributed by atoms with Gasteiger partial charge in [-0.3, -0.25) is 0 Å². The van der Waals surface area contributed by atoms with Gasteiger partial charge < -0.3 is 15.4 Å². The number of hydrogen-bond donors (Lipinski definition) is 1. The van der Waals surface area contributed by atoms with E-state index in [0.29, 0.717) is 24.2 Å². The Bertz CT molecular complexity index is 465. The van der Waals surface area contributed by atoms with E-state index >= 15 is 0 Å². The van der Waals surface area contributed by atoms with Crippen molar-refractivity contribution in [3.63, 3.8) is 0 Å². The van der Waals surface area contributed by atoms with Gasteiger partial charge >= 0.3 is 0 Å². The van der Waals surface area contributed by atoms with Crippen LogP contribution < -0.4 is 15.4 Å². The van der Waals surface area contributed by atoms with Crippen molar-refractivity contribution in [2.45, 2.75) is 51.5 Å². The number of rotatable bonds is 4. The van der Waals surface area contributed by atoms with Crippen LogP contribution in [0.1, 0.15) is 45.4 Å². The maximum atomic E-state index is 6.25. The Hall–Kier alpha value is -1.52. The third kappa shape index (κ3) is 2.41. The molecule has 1 saturated carbocycles. The minimum Gasteiger partial charge on any atom is -0.476 e. The standard InChI is InChI=1S/C15H24N4O/c1-2-9-20-15-13(16)14(17-10-18-15)19-8-4-6-11-5-3-7-12(11)19/h10-12H,2-9,16H2,1H3. The predicted molar refractivity (Wildman–Crippen MR) is 79.9 cm³/mol. The van der Waals surface area contributed by atoms with Crippen LogP contribution in [0, 0.1) is 5.92 Å². The Morgan fingerprint density at radius 3 is 3.00 bits per heavy atom. The van der Waals surface area contributed by atoms with E-state index in [0.717, 1.165) is 24.7 Å². The van der Waals surface area contributed by atoms with Crippen LogP contribution in [0.5, 0.6) is 5.88 Å². The smallest absolute Gasteiger partial charge is 0.242 e. The molecule has 110 valence electrons. The van der Waals surface area contributed by atoms with Crippen LogP contribution in [0.25, 0.3) is 0 Å². The van der Waals surface area contributed by atoms with Crippen LogP contribution in [-0.2, 0) is 0 Å². The van der Waals surface area contributed by atoms with E-state index in [9.17, 15) is 0 Å². The highest BCUT2D eigenvalue weighted by molar-refractivity contribution is 5.68. The fraction of sp³-hybridized carbons (Fsp3) is 0.733. The summed E-state index contributed by atoms with van der Waals surface area (Å²) < 4.78 is 5.63. The average molecular weight is 276 g/mol. The van der Waals surface area contributed by atoms with Crippen molar-refractivity contribution in [1.29, 1.82) is 0 Å². The second kappa shape index (κ2) is 5.85. The summed E-state index contributed by atoms with van der Waals surface area (Å²) in [5.41, 5.74) is 6.85. The molecule has 0 bridgehead atoms. The molecule has 2 unspecified atom stereocenters. The molecule has 0 amide bonds. The molecule has 5 heteroatoms. The van der Waals surface area contributed by atoms with Gasteiger partial charge in [-0.15, -0.1) is 0 Å². The number of nitrogens with zero attached hydrogens (tertiary/aromatic N) is 3. The van der Waals surface area contributed by atoms with Crippen LogP contribution in [0.2, 0.25) is 0 Å². The van der Waals surface area contributed by atoms with Crippen molar-refractivity contribution >= 4 is 11.5 Å². The monoisotopic (exact) mass is 276 g/mol. The fourth-order valence-corrected chi connectivity index (χ4v) is 3.63. The lowest BCUT2D eigenvalue weighted by Gasteiger charge is -2.39. The Morgan fingerprint density at radius 2 is 2.15 bits per heavy atom. The van der Waals surface area contributed by atoms with Crippen LogP contribution in [0.4, 0.5) is 11.5 Å². The molecule has 2 atom stereocenters. The Morgan fingerprint density at radius 1 is 1.30 bits per heavy atom. The molecule has 2 aliphatic rings. The molecule has 1 saturated heterocycles. The number of hydrogen-bond acceptors (Lipinski definition) is 5. The summed E-state index contributed by atoms with van der Waals surface area (Å²) >= 11 is 0. The number of nitrogens with two attached hydrogens (primary N) is 1. The Balaban J connectivity index is 1.85. The number of anilines is 2. The zero-order valence-electron chi connectivity index (χ0n) is 12.2. The largest absolute Gasteiger partial charge is 0.476 e. The molecule has 2 heterocycles. The molecule has 1 aliphatic heterocycles. The summed E-state index contributed by atoms with van der Waals surface area (Å²) in [5.74, 6) is 2.23. The van der Waals surface area contributed by atoms with Crippen molar-refractivity contribution in [2.75, 3.05) is 23.8 Å². The average Bonchev–Trinajstić information content (AvgIpc) is 2.95. The fourth-order valence-electron chi connectivity index (χ4n) is 3.63. The van der Waals surface area contributed by atoms with Crippen molar-refractivity contribution in [3.05, 3.63) is 6.33 Å². The maximum Gasteiger partial charge on any atom is 0.242 e. The molecule has 1 aliphatic carbocycles. The van der Waals surface area contributed by atoms with Gasteiger partial charge in [0.25, 0.3) is 0 Å². The summed E-state index contributed by atoms with van der Waals surface area (Å²) in [4.78, 5) is 11.0. The summed E-state index contributed by atoms with van der Waals surface area (Å²) in [6.07, 6.45) is 9.06. The number of nitrogen functional groups attached to an aromatic ring is 1. The first-order valence-electron chi connectivity index (χ1n) is 7.81. The molecule has 2 N–H and O–H groups in total. The van der Waals surface area contributed by atoms with Crippen LogP contribution in [0.15, 0.2) is 6.33 Å². The van der Waals surface area contributed by atoms with Crippen molar-refractivity contribution < 1.29 is 4.74 Å². The second-order valence-electron chi connectivity index (χ2n) is 5.86. The normalized spacial score (nSPS) is 25.6. The zero-order valence-corrected chi connectivity index (χ0v) is 12.2. The molecule has 1 aromatic rings. The van der Waals surface area contributed by atoms with Crippen LogP contribution >= 0.6 is 0 Å². The first-order chi connectivity index (χ1) is 9.81. The summed E-state index contributed by atoms with van der Waals surface area (Å²) in [5, 5.41) is 0. The highest BCUT2D eigenvalue weighted by Gasteiger charge is 2.36. The first-order valence-corrected chi connectivity index (χ1v) is 7.81. The van der Waals surface area contributed by atoms with Gasteiger partial charge in [0.2, 0.25) is 5.88 Å². The van der Waals surface area contributed by atoms with E-state index in [4.69, 9.17) is 10.5 Å². The second-order valence-corrected chi connectivity index (χ2v) is 5.86. The molecule has 3 rings (SSSR count). The maximum absolute atomic E-state index is 6.25. The quantitative estimate of drug-likeness (QED) is 0.915.